The van der Waals surface area contributed by atoms with Crippen LogP contribution in [0.5, 0.6) is 5.75 Å². The molecule has 1 amide bonds. The number of aromatic nitrogens is 1. The predicted octanol–water partition coefficient (Wildman–Crippen LogP) is 3.56. The molecule has 2 atom stereocenters. The van der Waals surface area contributed by atoms with Gasteiger partial charge in [0.15, 0.2) is 17.4 Å². The lowest BCUT2D eigenvalue weighted by Crippen LogP contribution is -2.37. The van der Waals surface area contributed by atoms with Crippen LogP contribution in [0.3, 0.4) is 0 Å². The molecule has 3 heterocycles. The third-order valence-electron chi connectivity index (χ3n) is 6.36. The van der Waals surface area contributed by atoms with E-state index in [2.05, 4.69) is 16.0 Å². The quantitative estimate of drug-likeness (QED) is 0.776. The number of rotatable bonds is 3. The van der Waals surface area contributed by atoms with Gasteiger partial charge in [-0.3, -0.25) is 9.59 Å². The molecule has 0 saturated carbocycles. The van der Waals surface area contributed by atoms with Crippen molar-refractivity contribution in [2.45, 2.75) is 32.2 Å². The van der Waals surface area contributed by atoms with Crippen LogP contribution in [0.2, 0.25) is 0 Å². The van der Waals surface area contributed by atoms with Crippen LogP contribution in [0, 0.1) is 5.92 Å². The summed E-state index contributed by atoms with van der Waals surface area (Å²) in [6, 6.07) is 7.27. The minimum Gasteiger partial charge on any atom is -0.488 e. The molecular weight excluding hydrogens is 385 g/mol. The number of benzene rings is 1. The molecule has 30 heavy (non-hydrogen) atoms. The molecule has 2 aliphatic heterocycles. The molecule has 3 aliphatic rings. The number of halogens is 1. The number of ether oxygens (including phenoxy) is 1. The lowest BCUT2D eigenvalue weighted by molar-refractivity contribution is 0.0715. The summed E-state index contributed by atoms with van der Waals surface area (Å²) >= 11 is 0. The minimum atomic E-state index is -0.520. The lowest BCUT2D eigenvalue weighted by Gasteiger charge is -2.31. The molecule has 156 valence electrons. The Bertz CT molecular complexity index is 1020. The molecule has 0 bridgehead atoms. The maximum absolute atomic E-state index is 13.2. The topological polar surface area (TPSA) is 62.7 Å². The largest absolute Gasteiger partial charge is 0.488 e. The summed E-state index contributed by atoms with van der Waals surface area (Å²) in [5.41, 5.74) is 3.26. The van der Waals surface area contributed by atoms with E-state index in [0.717, 1.165) is 29.7 Å². The maximum atomic E-state index is 13.2. The zero-order chi connectivity index (χ0) is 20.8. The second kappa shape index (κ2) is 7.38. The van der Waals surface area contributed by atoms with Gasteiger partial charge in [-0.1, -0.05) is 6.92 Å². The Kier molecular flexibility index (Phi) is 4.68. The van der Waals surface area contributed by atoms with Crippen LogP contribution in [0.1, 0.15) is 46.0 Å². The van der Waals surface area contributed by atoms with E-state index < -0.39 is 6.67 Å². The molecule has 1 aromatic heterocycles. The van der Waals surface area contributed by atoms with Crippen molar-refractivity contribution in [3.8, 4) is 5.75 Å². The van der Waals surface area contributed by atoms with Crippen molar-refractivity contribution in [2.75, 3.05) is 31.3 Å². The van der Waals surface area contributed by atoms with Crippen LogP contribution in [0.15, 0.2) is 30.5 Å². The Balaban J connectivity index is 1.44. The molecule has 1 fully saturated rings. The van der Waals surface area contributed by atoms with Gasteiger partial charge in [0.1, 0.15) is 13.3 Å². The summed E-state index contributed by atoms with van der Waals surface area (Å²) in [6.45, 7) is 3.11. The molecule has 5 rings (SSSR count). The first kappa shape index (κ1) is 19.0. The second-order valence-electron chi connectivity index (χ2n) is 8.31. The Hall–Kier alpha value is -2.96. The third-order valence-corrected chi connectivity index (χ3v) is 6.36. The van der Waals surface area contributed by atoms with E-state index in [1.54, 1.807) is 17.2 Å². The van der Waals surface area contributed by atoms with Crippen molar-refractivity contribution in [1.82, 2.24) is 9.88 Å². The zero-order valence-corrected chi connectivity index (χ0v) is 16.9. The molecule has 1 unspecified atom stereocenters. The highest BCUT2D eigenvalue weighted by molar-refractivity contribution is 6.02. The molecule has 0 radical (unpaired) electrons. The van der Waals surface area contributed by atoms with Crippen LogP contribution in [-0.2, 0) is 6.42 Å². The molecule has 0 spiro atoms. The van der Waals surface area contributed by atoms with Crippen molar-refractivity contribution in [3.05, 3.63) is 47.2 Å². The first-order valence-corrected chi connectivity index (χ1v) is 10.5. The van der Waals surface area contributed by atoms with Crippen molar-refractivity contribution in [1.29, 1.82) is 0 Å². The van der Waals surface area contributed by atoms with Gasteiger partial charge in [-0.25, -0.2) is 9.37 Å². The lowest BCUT2D eigenvalue weighted by atomic mass is 10.1. The highest BCUT2D eigenvalue weighted by Crippen LogP contribution is 2.38. The van der Waals surface area contributed by atoms with Crippen LogP contribution in [-0.4, -0.2) is 54.0 Å². The van der Waals surface area contributed by atoms with Gasteiger partial charge >= 0.3 is 0 Å². The molecule has 1 aromatic carbocycles. The number of amides is 1. The number of alkyl halides is 1. The van der Waals surface area contributed by atoms with E-state index >= 15 is 0 Å². The van der Waals surface area contributed by atoms with Gasteiger partial charge in [0.25, 0.3) is 5.91 Å². The highest BCUT2D eigenvalue weighted by atomic mass is 19.1. The Morgan fingerprint density at radius 2 is 2.17 bits per heavy atom. The standard InChI is InChI=1S/C23H24FN3O3/c1-14-9-15-10-17(4-5-19(15)21(14)28)26-7-8-30-20-11-16(13-25-22(20)26)23(29)27-6-2-3-18(27)12-24/h4-5,10-11,13-14,18H,2-3,6-9,12H2,1H3/t14?,18-/m0/s1. The summed E-state index contributed by atoms with van der Waals surface area (Å²) in [5.74, 6) is 1.23. The number of pyridine rings is 1. The monoisotopic (exact) mass is 409 g/mol. The molecule has 0 N–H and O–H groups in total. The molecule has 7 heteroatoms. The number of hydrogen-bond donors (Lipinski definition) is 0. The van der Waals surface area contributed by atoms with Gasteiger partial charge in [0, 0.05) is 29.9 Å². The van der Waals surface area contributed by atoms with Gasteiger partial charge in [-0.05, 0) is 49.1 Å². The van der Waals surface area contributed by atoms with Crippen molar-refractivity contribution >= 4 is 23.2 Å². The SMILES string of the molecule is CC1Cc2cc(N3CCOc4cc(C(=O)N5CCC[C@H]5CF)cnc43)ccc2C1=O. The number of nitrogens with zero attached hydrogens (tertiary/aromatic N) is 3. The fourth-order valence-electron chi connectivity index (χ4n) is 4.74. The molecular formula is C23H24FN3O3. The predicted molar refractivity (Wildman–Crippen MR) is 110 cm³/mol. The first-order valence-electron chi connectivity index (χ1n) is 10.5. The summed E-state index contributed by atoms with van der Waals surface area (Å²) in [7, 11) is 0. The third kappa shape index (κ3) is 3.04. The van der Waals surface area contributed by atoms with E-state index in [1.165, 1.54) is 0 Å². The molecule has 1 aliphatic carbocycles. The fraction of sp³-hybridized carbons (Fsp3) is 0.435. The number of carbonyl (C=O) groups excluding carboxylic acids is 2. The van der Waals surface area contributed by atoms with Crippen molar-refractivity contribution in [2.24, 2.45) is 5.92 Å². The number of anilines is 2. The van der Waals surface area contributed by atoms with Gasteiger partial charge in [0.05, 0.1) is 18.2 Å². The summed E-state index contributed by atoms with van der Waals surface area (Å²) in [5, 5.41) is 0. The summed E-state index contributed by atoms with van der Waals surface area (Å²) in [4.78, 5) is 33.3. The smallest absolute Gasteiger partial charge is 0.255 e. The van der Waals surface area contributed by atoms with Crippen LogP contribution >= 0.6 is 0 Å². The van der Waals surface area contributed by atoms with E-state index in [1.807, 2.05) is 19.1 Å². The minimum absolute atomic E-state index is 0.0256. The number of carbonyl (C=O) groups is 2. The Labute approximate surface area is 174 Å². The average molecular weight is 409 g/mol. The highest BCUT2D eigenvalue weighted by Gasteiger charge is 2.32. The number of hydrogen-bond acceptors (Lipinski definition) is 5. The van der Waals surface area contributed by atoms with Gasteiger partial charge < -0.3 is 14.5 Å². The Morgan fingerprint density at radius 3 is 3.00 bits per heavy atom. The number of likely N-dealkylation sites (tertiary alicyclic amines) is 1. The van der Waals surface area contributed by atoms with Crippen LogP contribution in [0.25, 0.3) is 0 Å². The van der Waals surface area contributed by atoms with E-state index in [0.29, 0.717) is 43.2 Å². The number of fused-ring (bicyclic) bond motifs is 2. The summed E-state index contributed by atoms with van der Waals surface area (Å²) < 4.78 is 19.0. The van der Waals surface area contributed by atoms with Gasteiger partial charge in [-0.2, -0.15) is 0 Å². The van der Waals surface area contributed by atoms with E-state index in [-0.39, 0.29) is 23.7 Å². The second-order valence-corrected chi connectivity index (χ2v) is 8.31. The summed E-state index contributed by atoms with van der Waals surface area (Å²) in [6.07, 6.45) is 3.83. The van der Waals surface area contributed by atoms with Crippen LogP contribution < -0.4 is 9.64 Å². The zero-order valence-electron chi connectivity index (χ0n) is 16.9. The average Bonchev–Trinajstić information content (AvgIpc) is 3.36. The Morgan fingerprint density at radius 1 is 1.30 bits per heavy atom. The van der Waals surface area contributed by atoms with Crippen molar-refractivity contribution in [3.63, 3.8) is 0 Å². The van der Waals surface area contributed by atoms with Gasteiger partial charge in [0.2, 0.25) is 0 Å². The maximum Gasteiger partial charge on any atom is 0.255 e. The van der Waals surface area contributed by atoms with E-state index in [4.69, 9.17) is 4.74 Å². The number of Topliss-reactive ketones (excluding diaryl/α,β-unsaturated/α-hetero) is 1. The normalized spacial score (nSPS) is 22.7. The number of ketones is 1. The van der Waals surface area contributed by atoms with Crippen molar-refractivity contribution < 1.29 is 18.7 Å². The fourth-order valence-corrected chi connectivity index (χ4v) is 4.74. The molecule has 1 saturated heterocycles. The van der Waals surface area contributed by atoms with E-state index in [9.17, 15) is 14.0 Å². The first-order chi connectivity index (χ1) is 14.6. The van der Waals surface area contributed by atoms with Crippen LogP contribution in [0.4, 0.5) is 15.9 Å². The van der Waals surface area contributed by atoms with Gasteiger partial charge in [-0.15, -0.1) is 0 Å². The molecule has 2 aromatic rings. The molecule has 6 nitrogen and oxygen atoms in total.